The number of nitrogens with zero attached hydrogens (tertiary/aromatic N) is 1. The van der Waals surface area contributed by atoms with Gasteiger partial charge < -0.3 is 20.1 Å². The van der Waals surface area contributed by atoms with Crippen LogP contribution in [0.3, 0.4) is 0 Å². The van der Waals surface area contributed by atoms with Gasteiger partial charge in [0, 0.05) is 11.0 Å². The van der Waals surface area contributed by atoms with Gasteiger partial charge in [0.15, 0.2) is 0 Å². The van der Waals surface area contributed by atoms with E-state index in [9.17, 15) is 22.8 Å². The van der Waals surface area contributed by atoms with Crippen LogP contribution in [0.25, 0.3) is 0 Å². The fourth-order valence-electron chi connectivity index (χ4n) is 2.34. The molecule has 0 atom stereocenters. The number of benzene rings is 1. The van der Waals surface area contributed by atoms with E-state index >= 15 is 0 Å². The Hall–Kier alpha value is -2.07. The second kappa shape index (κ2) is 7.44. The number of hydrogen-bond donors (Lipinski definition) is 2. The Labute approximate surface area is 149 Å². The zero-order valence-electron chi connectivity index (χ0n) is 13.0. The first-order valence-corrected chi connectivity index (χ1v) is 7.83. The summed E-state index contributed by atoms with van der Waals surface area (Å²) in [6.07, 6.45) is -4.66. The highest BCUT2D eigenvalue weighted by Crippen LogP contribution is 2.37. The molecule has 1 heterocycles. The molecule has 6 nitrogen and oxygen atoms in total. The van der Waals surface area contributed by atoms with E-state index < -0.39 is 23.6 Å². The van der Waals surface area contributed by atoms with Gasteiger partial charge in [0.2, 0.25) is 0 Å². The first-order valence-electron chi connectivity index (χ1n) is 7.04. The molecule has 1 amide bonds. The molecule has 0 saturated heterocycles. The Bertz CT molecular complexity index is 734. The molecule has 0 spiro atoms. The van der Waals surface area contributed by atoms with Gasteiger partial charge in [-0.3, -0.25) is 4.79 Å². The summed E-state index contributed by atoms with van der Waals surface area (Å²) in [4.78, 5) is 25.3. The van der Waals surface area contributed by atoms with Crippen molar-refractivity contribution in [1.82, 2.24) is 4.90 Å². The number of nitrogens with one attached hydrogen (secondary N) is 1. The minimum atomic E-state index is -4.66. The van der Waals surface area contributed by atoms with Crippen molar-refractivity contribution < 1.29 is 32.6 Å². The van der Waals surface area contributed by atoms with Crippen molar-refractivity contribution >= 4 is 33.5 Å². The molecule has 136 valence electrons. The molecule has 1 aliphatic rings. The highest BCUT2D eigenvalue weighted by molar-refractivity contribution is 9.10. The predicted molar refractivity (Wildman–Crippen MR) is 85.5 cm³/mol. The summed E-state index contributed by atoms with van der Waals surface area (Å²) >= 11 is 2.97. The SMILES string of the molecule is COC(=O)C1=C(Nc2ccc(Br)cc2C(F)(F)F)C(=O)N(CCO)C1. The number of aliphatic hydroxyl groups is 1. The molecule has 2 N–H and O–H groups in total. The monoisotopic (exact) mass is 422 g/mol. The molecule has 25 heavy (non-hydrogen) atoms. The van der Waals surface area contributed by atoms with E-state index in [1.165, 1.54) is 6.07 Å². The van der Waals surface area contributed by atoms with Crippen molar-refractivity contribution in [3.8, 4) is 0 Å². The number of rotatable bonds is 5. The Morgan fingerprint density at radius 3 is 2.68 bits per heavy atom. The first-order chi connectivity index (χ1) is 11.7. The minimum absolute atomic E-state index is 0.0586. The summed E-state index contributed by atoms with van der Waals surface area (Å²) in [6.45, 7) is -0.567. The second-order valence-corrected chi connectivity index (χ2v) is 6.02. The van der Waals surface area contributed by atoms with Crippen LogP contribution in [0.4, 0.5) is 18.9 Å². The van der Waals surface area contributed by atoms with Gasteiger partial charge in [-0.1, -0.05) is 15.9 Å². The smallest absolute Gasteiger partial charge is 0.418 e. The number of halogens is 4. The Kier molecular flexibility index (Phi) is 5.73. The van der Waals surface area contributed by atoms with Crippen molar-refractivity contribution in [3.63, 3.8) is 0 Å². The fraction of sp³-hybridized carbons (Fsp3) is 0.333. The normalized spacial score (nSPS) is 15.0. The number of hydrogen-bond acceptors (Lipinski definition) is 5. The zero-order chi connectivity index (χ0) is 18.8. The standard InChI is InChI=1S/C15H14BrF3N2O4/c1-25-14(24)9-7-21(4-5-22)13(23)12(9)20-11-3-2-8(16)6-10(11)15(17,18)19/h2-3,6,20,22H,4-5,7H2,1H3. The van der Waals surface area contributed by atoms with E-state index in [1.807, 2.05) is 0 Å². The molecule has 1 aliphatic heterocycles. The molecule has 1 aromatic rings. The average molecular weight is 423 g/mol. The van der Waals surface area contributed by atoms with Crippen LogP contribution in [-0.4, -0.2) is 48.7 Å². The lowest BCUT2D eigenvalue weighted by Gasteiger charge is -2.17. The van der Waals surface area contributed by atoms with Crippen LogP contribution in [0.5, 0.6) is 0 Å². The zero-order valence-corrected chi connectivity index (χ0v) is 14.6. The predicted octanol–water partition coefficient (Wildman–Crippen LogP) is 2.14. The summed E-state index contributed by atoms with van der Waals surface area (Å²) in [6, 6.07) is 3.39. The molecule has 0 aliphatic carbocycles. The molecule has 0 fully saturated rings. The van der Waals surface area contributed by atoms with E-state index in [4.69, 9.17) is 5.11 Å². The van der Waals surface area contributed by atoms with Gasteiger partial charge in [-0.25, -0.2) is 4.79 Å². The number of carbonyl (C=O) groups is 2. The van der Waals surface area contributed by atoms with E-state index in [1.54, 1.807) is 0 Å². The third-order valence-corrected chi connectivity index (χ3v) is 3.99. The van der Waals surface area contributed by atoms with Gasteiger partial charge in [0.25, 0.3) is 5.91 Å². The third kappa shape index (κ3) is 4.13. The number of esters is 1. The van der Waals surface area contributed by atoms with Crippen molar-refractivity contribution in [2.24, 2.45) is 0 Å². The lowest BCUT2D eigenvalue weighted by atomic mass is 10.1. The van der Waals surface area contributed by atoms with Crippen LogP contribution in [0.15, 0.2) is 33.9 Å². The molecule has 10 heteroatoms. The number of alkyl halides is 3. The van der Waals surface area contributed by atoms with E-state index in [2.05, 4.69) is 26.0 Å². The van der Waals surface area contributed by atoms with Gasteiger partial charge in [0.05, 0.1) is 37.1 Å². The van der Waals surface area contributed by atoms with Gasteiger partial charge in [0.1, 0.15) is 5.70 Å². The molecule has 0 bridgehead atoms. The van der Waals surface area contributed by atoms with Crippen LogP contribution in [0.2, 0.25) is 0 Å². The summed E-state index contributed by atoms with van der Waals surface area (Å²) in [5.41, 5.74) is -1.76. The van der Waals surface area contributed by atoms with Gasteiger partial charge in [-0.2, -0.15) is 13.2 Å². The highest BCUT2D eigenvalue weighted by atomic mass is 79.9. The summed E-state index contributed by atoms with van der Waals surface area (Å²) in [7, 11) is 1.10. The van der Waals surface area contributed by atoms with Crippen LogP contribution in [0.1, 0.15) is 5.56 Å². The minimum Gasteiger partial charge on any atom is -0.466 e. The molecular weight excluding hydrogens is 409 g/mol. The second-order valence-electron chi connectivity index (χ2n) is 5.11. The van der Waals surface area contributed by atoms with Crippen molar-refractivity contribution in [2.45, 2.75) is 6.18 Å². The Morgan fingerprint density at radius 2 is 2.12 bits per heavy atom. The lowest BCUT2D eigenvalue weighted by molar-refractivity contribution is -0.137. The quantitative estimate of drug-likeness (QED) is 0.710. The number of aliphatic hydroxyl groups excluding tert-OH is 1. The van der Waals surface area contributed by atoms with Crippen molar-refractivity contribution in [3.05, 3.63) is 39.5 Å². The van der Waals surface area contributed by atoms with Crippen LogP contribution in [-0.2, 0) is 20.5 Å². The maximum absolute atomic E-state index is 13.2. The molecule has 1 aromatic carbocycles. The van der Waals surface area contributed by atoms with Crippen LogP contribution >= 0.6 is 15.9 Å². The number of carbonyl (C=O) groups excluding carboxylic acids is 2. The van der Waals surface area contributed by atoms with Gasteiger partial charge >= 0.3 is 12.1 Å². The van der Waals surface area contributed by atoms with Crippen molar-refractivity contribution in [1.29, 1.82) is 0 Å². The van der Waals surface area contributed by atoms with Gasteiger partial charge in [-0.05, 0) is 18.2 Å². The first kappa shape index (κ1) is 19.3. The maximum atomic E-state index is 13.2. The fourth-order valence-corrected chi connectivity index (χ4v) is 2.70. The Balaban J connectivity index is 2.46. The molecule has 0 radical (unpaired) electrons. The van der Waals surface area contributed by atoms with E-state index in [0.717, 1.165) is 24.1 Å². The van der Waals surface area contributed by atoms with E-state index in [-0.39, 0.29) is 41.1 Å². The summed E-state index contributed by atoms with van der Waals surface area (Å²) in [5.74, 6) is -1.52. The summed E-state index contributed by atoms with van der Waals surface area (Å²) < 4.78 is 44.5. The highest BCUT2D eigenvalue weighted by Gasteiger charge is 2.38. The largest absolute Gasteiger partial charge is 0.466 e. The molecular formula is C15H14BrF3N2O4. The topological polar surface area (TPSA) is 78.9 Å². The summed E-state index contributed by atoms with van der Waals surface area (Å²) in [5, 5.41) is 11.4. The lowest BCUT2D eigenvalue weighted by Crippen LogP contribution is -2.31. The third-order valence-electron chi connectivity index (χ3n) is 3.50. The van der Waals surface area contributed by atoms with Crippen molar-refractivity contribution in [2.75, 3.05) is 32.1 Å². The number of anilines is 1. The molecule has 2 rings (SSSR count). The van der Waals surface area contributed by atoms with Crippen LogP contribution in [0, 0.1) is 0 Å². The van der Waals surface area contributed by atoms with Gasteiger partial charge in [-0.15, -0.1) is 0 Å². The maximum Gasteiger partial charge on any atom is 0.418 e. The van der Waals surface area contributed by atoms with Crippen LogP contribution < -0.4 is 5.32 Å². The molecule has 0 aromatic heterocycles. The number of ether oxygens (including phenoxy) is 1. The number of β-amino-alcohol motifs (C(OH)–C–C–N with tert-alkyl or cyclic N) is 1. The van der Waals surface area contributed by atoms with E-state index in [0.29, 0.717) is 0 Å². The molecule has 0 saturated carbocycles. The molecule has 0 unspecified atom stereocenters. The number of amides is 1. The number of methoxy groups -OCH3 is 1. The Morgan fingerprint density at radius 1 is 1.44 bits per heavy atom. The average Bonchev–Trinajstić information content (AvgIpc) is 2.84.